The maximum Gasteiger partial charge on any atom is 0.410 e. The van der Waals surface area contributed by atoms with Gasteiger partial charge in [-0.1, -0.05) is 109 Å². The Bertz CT molecular complexity index is 1060. The van der Waals surface area contributed by atoms with E-state index >= 15 is 0 Å². The van der Waals surface area contributed by atoms with Crippen LogP contribution in [-0.2, 0) is 25.7 Å². The fraction of sp³-hybridized carbons (Fsp3) is 0.730. The third-order valence-electron chi connectivity index (χ3n) is 9.39. The molecule has 1 heterocycles. The Kier molecular flexibility index (Phi) is 17.6. The third kappa shape index (κ3) is 13.0. The third-order valence-corrected chi connectivity index (χ3v) is 9.39. The summed E-state index contributed by atoms with van der Waals surface area (Å²) >= 11 is 0. The molecule has 0 saturated heterocycles. The minimum Gasteiger partial charge on any atom is -0.491 e. The van der Waals surface area contributed by atoms with Crippen LogP contribution < -0.4 is 10.1 Å². The first kappa shape index (κ1) is 37.4. The molecule has 3 amide bonds. The normalized spacial score (nSPS) is 16.3. The fourth-order valence-electron chi connectivity index (χ4n) is 6.57. The Morgan fingerprint density at radius 3 is 2.46 bits per heavy atom. The highest BCUT2D eigenvalue weighted by Gasteiger charge is 2.34. The second-order valence-electron chi connectivity index (χ2n) is 13.1. The standard InChI is InChI=1S/C37H59N3O6/c1-3-5-7-9-15-23-40(37(44)46-25-16-8-6-4-2)33(27-30-17-11-10-12-18-30)36(43)38-32(29-41)21-22-35(42)39-24-26-45-34-20-14-13-19-31(34)28-39/h13-14,19-20,29-30,32-33H,3-12,15-18,21-28H2,1-2H3,(H,38,43)/t32-,33-/m0/s1. The van der Waals surface area contributed by atoms with Gasteiger partial charge < -0.3 is 24.5 Å². The molecule has 3 rings (SSSR count). The van der Waals surface area contributed by atoms with Crippen LogP contribution >= 0.6 is 0 Å². The highest BCUT2D eigenvalue weighted by Crippen LogP contribution is 2.29. The number of rotatable bonds is 20. The summed E-state index contributed by atoms with van der Waals surface area (Å²) in [4.78, 5) is 56.3. The van der Waals surface area contributed by atoms with Gasteiger partial charge >= 0.3 is 6.09 Å². The van der Waals surface area contributed by atoms with E-state index in [0.29, 0.717) is 51.5 Å². The van der Waals surface area contributed by atoms with Gasteiger partial charge in [0.05, 0.1) is 19.2 Å². The number of carbonyl (C=O) groups is 4. The molecule has 0 aromatic heterocycles. The molecular formula is C37H59N3O6. The van der Waals surface area contributed by atoms with E-state index in [1.54, 1.807) is 9.80 Å². The van der Waals surface area contributed by atoms with E-state index in [4.69, 9.17) is 9.47 Å². The van der Waals surface area contributed by atoms with Crippen molar-refractivity contribution in [3.05, 3.63) is 29.8 Å². The number of hydrogen-bond acceptors (Lipinski definition) is 6. The van der Waals surface area contributed by atoms with Gasteiger partial charge in [-0.2, -0.15) is 0 Å². The van der Waals surface area contributed by atoms with Gasteiger partial charge in [-0.15, -0.1) is 0 Å². The lowest BCUT2D eigenvalue weighted by Crippen LogP contribution is -2.53. The number of aldehydes is 1. The van der Waals surface area contributed by atoms with Crippen LogP contribution in [0.25, 0.3) is 0 Å². The number of ether oxygens (including phenoxy) is 2. The monoisotopic (exact) mass is 641 g/mol. The summed E-state index contributed by atoms with van der Waals surface area (Å²) in [5.41, 5.74) is 0.950. The smallest absolute Gasteiger partial charge is 0.410 e. The van der Waals surface area contributed by atoms with E-state index in [-0.39, 0.29) is 24.7 Å². The van der Waals surface area contributed by atoms with Crippen LogP contribution in [0.15, 0.2) is 24.3 Å². The second kappa shape index (κ2) is 21.6. The largest absolute Gasteiger partial charge is 0.491 e. The molecule has 0 radical (unpaired) electrons. The van der Waals surface area contributed by atoms with Crippen LogP contribution in [0.3, 0.4) is 0 Å². The molecule has 1 aliphatic heterocycles. The predicted molar refractivity (Wildman–Crippen MR) is 181 cm³/mol. The number of para-hydroxylation sites is 1. The molecule has 0 spiro atoms. The Morgan fingerprint density at radius 2 is 1.72 bits per heavy atom. The summed E-state index contributed by atoms with van der Waals surface area (Å²) in [6.07, 6.45) is 15.8. The van der Waals surface area contributed by atoms with Gasteiger partial charge in [-0.05, 0) is 37.7 Å². The minimum absolute atomic E-state index is 0.0829. The van der Waals surface area contributed by atoms with Crippen LogP contribution in [0.1, 0.15) is 129 Å². The zero-order valence-corrected chi connectivity index (χ0v) is 28.5. The van der Waals surface area contributed by atoms with Gasteiger partial charge in [0.2, 0.25) is 11.8 Å². The molecular weight excluding hydrogens is 582 g/mol. The lowest BCUT2D eigenvalue weighted by molar-refractivity contribution is -0.133. The van der Waals surface area contributed by atoms with Gasteiger partial charge in [0.15, 0.2) is 0 Å². The van der Waals surface area contributed by atoms with Gasteiger partial charge in [0.25, 0.3) is 0 Å². The molecule has 46 heavy (non-hydrogen) atoms. The maximum atomic E-state index is 14.0. The Morgan fingerprint density at radius 1 is 1.00 bits per heavy atom. The summed E-state index contributed by atoms with van der Waals surface area (Å²) in [6, 6.07) is 6.16. The number of unbranched alkanes of at least 4 members (excludes halogenated alkanes) is 7. The topological polar surface area (TPSA) is 105 Å². The average molecular weight is 642 g/mol. The van der Waals surface area contributed by atoms with Crippen molar-refractivity contribution >= 4 is 24.2 Å². The molecule has 1 fully saturated rings. The first-order valence-electron chi connectivity index (χ1n) is 18.1. The molecule has 9 nitrogen and oxygen atoms in total. The Balaban J connectivity index is 1.67. The first-order valence-corrected chi connectivity index (χ1v) is 18.1. The average Bonchev–Trinajstić information content (AvgIpc) is 3.30. The Hall–Kier alpha value is -3.10. The van der Waals surface area contributed by atoms with E-state index in [1.807, 2.05) is 24.3 Å². The number of nitrogens with zero attached hydrogens (tertiary/aromatic N) is 2. The van der Waals surface area contributed by atoms with Crippen LogP contribution in [0.2, 0.25) is 0 Å². The lowest BCUT2D eigenvalue weighted by Gasteiger charge is -2.34. The van der Waals surface area contributed by atoms with Gasteiger partial charge in [0.1, 0.15) is 24.7 Å². The SMILES string of the molecule is CCCCCCCN(C(=O)OCCCCCC)[C@@H](CC1CCCCC1)C(=O)N[C@H](C=O)CCC(=O)N1CCOc2ccccc2C1. The molecule has 1 N–H and O–H groups in total. The van der Waals surface area contributed by atoms with Gasteiger partial charge in [-0.25, -0.2) is 4.79 Å². The quantitative estimate of drug-likeness (QED) is 0.119. The number of benzene rings is 1. The molecule has 1 aliphatic carbocycles. The van der Waals surface area contributed by atoms with Gasteiger partial charge in [-0.3, -0.25) is 14.5 Å². The number of fused-ring (bicyclic) bond motifs is 1. The van der Waals surface area contributed by atoms with E-state index in [9.17, 15) is 19.2 Å². The van der Waals surface area contributed by atoms with E-state index in [1.165, 1.54) is 6.42 Å². The van der Waals surface area contributed by atoms with Crippen LogP contribution in [0, 0.1) is 5.92 Å². The summed E-state index contributed by atoms with van der Waals surface area (Å²) < 4.78 is 11.5. The molecule has 2 aliphatic rings. The highest BCUT2D eigenvalue weighted by molar-refractivity contribution is 5.88. The predicted octanol–water partition coefficient (Wildman–Crippen LogP) is 7.20. The number of nitrogens with one attached hydrogen (secondary N) is 1. The van der Waals surface area contributed by atoms with Gasteiger partial charge in [0, 0.05) is 25.1 Å². The lowest BCUT2D eigenvalue weighted by atomic mass is 9.84. The van der Waals surface area contributed by atoms with Crippen molar-refractivity contribution in [2.75, 3.05) is 26.3 Å². The van der Waals surface area contributed by atoms with Crippen LogP contribution in [0.4, 0.5) is 4.79 Å². The van der Waals surface area contributed by atoms with Crippen molar-refractivity contribution in [2.24, 2.45) is 5.92 Å². The van der Waals surface area contributed by atoms with Crippen molar-refractivity contribution in [3.8, 4) is 5.75 Å². The minimum atomic E-state index is -0.822. The van der Waals surface area contributed by atoms with E-state index in [2.05, 4.69) is 19.2 Å². The number of carbonyl (C=O) groups excluding carboxylic acids is 4. The molecule has 9 heteroatoms. The van der Waals surface area contributed by atoms with Crippen molar-refractivity contribution in [1.29, 1.82) is 0 Å². The summed E-state index contributed by atoms with van der Waals surface area (Å²) in [6.45, 7) is 6.42. The Labute approximate surface area is 277 Å². The first-order chi connectivity index (χ1) is 22.5. The summed E-state index contributed by atoms with van der Waals surface area (Å²) in [5, 5.41) is 2.92. The second-order valence-corrected chi connectivity index (χ2v) is 13.1. The summed E-state index contributed by atoms with van der Waals surface area (Å²) in [7, 11) is 0. The summed E-state index contributed by atoms with van der Waals surface area (Å²) in [5.74, 6) is 0.715. The number of hydrogen-bond donors (Lipinski definition) is 1. The van der Waals surface area contributed by atoms with Crippen LogP contribution in [0.5, 0.6) is 5.75 Å². The molecule has 0 unspecified atom stereocenters. The van der Waals surface area contributed by atoms with Crippen molar-refractivity contribution in [3.63, 3.8) is 0 Å². The fourth-order valence-corrected chi connectivity index (χ4v) is 6.57. The zero-order chi connectivity index (χ0) is 33.0. The van der Waals surface area contributed by atoms with Crippen LogP contribution in [-0.4, -0.2) is 72.4 Å². The molecule has 2 atom stereocenters. The number of amides is 3. The van der Waals surface area contributed by atoms with Crippen molar-refractivity contribution in [2.45, 2.75) is 142 Å². The highest BCUT2D eigenvalue weighted by atomic mass is 16.6. The zero-order valence-electron chi connectivity index (χ0n) is 28.5. The molecule has 1 aromatic rings. The van der Waals surface area contributed by atoms with E-state index in [0.717, 1.165) is 94.8 Å². The maximum absolute atomic E-state index is 14.0. The molecule has 0 bridgehead atoms. The van der Waals surface area contributed by atoms with Crippen molar-refractivity contribution in [1.82, 2.24) is 15.1 Å². The van der Waals surface area contributed by atoms with E-state index < -0.39 is 18.2 Å². The van der Waals surface area contributed by atoms with Crippen molar-refractivity contribution < 1.29 is 28.7 Å². The molecule has 1 saturated carbocycles. The molecule has 1 aromatic carbocycles. The molecule has 258 valence electrons.